The molecule has 6 nitrogen and oxygen atoms in total. The Kier molecular flexibility index (Phi) is 3.18. The van der Waals surface area contributed by atoms with Crippen LogP contribution in [0.25, 0.3) is 5.65 Å². The van der Waals surface area contributed by atoms with Gasteiger partial charge in [-0.3, -0.25) is 9.30 Å². The van der Waals surface area contributed by atoms with Gasteiger partial charge in [0, 0.05) is 38.9 Å². The summed E-state index contributed by atoms with van der Waals surface area (Å²) in [6.07, 6.45) is 1.82. The molecular weight excluding hydrogens is 244 g/mol. The Morgan fingerprint density at radius 3 is 2.89 bits per heavy atom. The van der Waals surface area contributed by atoms with Crippen LogP contribution >= 0.6 is 0 Å². The molecule has 6 heteroatoms. The van der Waals surface area contributed by atoms with Crippen molar-refractivity contribution in [3.63, 3.8) is 0 Å². The van der Waals surface area contributed by atoms with Crippen molar-refractivity contribution < 1.29 is 9.90 Å². The molecule has 0 aromatic carbocycles. The predicted molar refractivity (Wildman–Crippen MR) is 70.3 cm³/mol. The second-order valence-corrected chi connectivity index (χ2v) is 4.70. The van der Waals surface area contributed by atoms with E-state index in [0.717, 1.165) is 38.4 Å². The number of aromatic nitrogens is 2. The lowest BCUT2D eigenvalue weighted by Gasteiger charge is -2.26. The van der Waals surface area contributed by atoms with E-state index in [1.807, 2.05) is 12.3 Å². The van der Waals surface area contributed by atoms with Crippen molar-refractivity contribution in [2.24, 2.45) is 0 Å². The second-order valence-electron chi connectivity index (χ2n) is 4.70. The highest BCUT2D eigenvalue weighted by atomic mass is 16.4. The highest BCUT2D eigenvalue weighted by Gasteiger charge is 2.14. The number of carbonyl (C=O) groups is 1. The van der Waals surface area contributed by atoms with E-state index in [1.54, 1.807) is 16.5 Å². The molecule has 1 aliphatic heterocycles. The first-order valence-corrected chi connectivity index (χ1v) is 6.37. The van der Waals surface area contributed by atoms with E-state index in [1.165, 1.54) is 0 Å². The minimum absolute atomic E-state index is 0.247. The fraction of sp³-hybridized carbons (Fsp3) is 0.385. The van der Waals surface area contributed by atoms with Crippen LogP contribution < -0.4 is 5.32 Å². The summed E-state index contributed by atoms with van der Waals surface area (Å²) in [5.41, 5.74) is 1.84. The van der Waals surface area contributed by atoms with Crippen molar-refractivity contribution in [3.8, 4) is 0 Å². The van der Waals surface area contributed by atoms with Gasteiger partial charge < -0.3 is 10.4 Å². The van der Waals surface area contributed by atoms with Crippen molar-refractivity contribution in [2.45, 2.75) is 6.54 Å². The van der Waals surface area contributed by atoms with Crippen LogP contribution in [0.4, 0.5) is 0 Å². The molecule has 0 spiro atoms. The first-order valence-electron chi connectivity index (χ1n) is 6.37. The molecule has 0 bridgehead atoms. The Morgan fingerprint density at radius 2 is 2.16 bits per heavy atom. The van der Waals surface area contributed by atoms with E-state index < -0.39 is 5.97 Å². The maximum atomic E-state index is 11.1. The van der Waals surface area contributed by atoms with E-state index in [4.69, 9.17) is 5.11 Å². The van der Waals surface area contributed by atoms with Gasteiger partial charge in [0.25, 0.3) is 0 Å². The Bertz CT molecular complexity index is 602. The van der Waals surface area contributed by atoms with Crippen LogP contribution in [0.15, 0.2) is 24.4 Å². The molecule has 3 heterocycles. The zero-order valence-electron chi connectivity index (χ0n) is 10.5. The smallest absolute Gasteiger partial charge is 0.352 e. The molecule has 100 valence electrons. The maximum absolute atomic E-state index is 11.1. The predicted octanol–water partition coefficient (Wildman–Crippen LogP) is 0.438. The van der Waals surface area contributed by atoms with Gasteiger partial charge in [0.1, 0.15) is 11.3 Å². The quantitative estimate of drug-likeness (QED) is 0.838. The summed E-state index contributed by atoms with van der Waals surface area (Å²) in [6, 6.07) is 5.14. The van der Waals surface area contributed by atoms with E-state index in [0.29, 0.717) is 5.65 Å². The van der Waals surface area contributed by atoms with E-state index in [9.17, 15) is 4.79 Å². The first-order chi connectivity index (χ1) is 9.24. The van der Waals surface area contributed by atoms with Gasteiger partial charge in [0.05, 0.1) is 5.69 Å². The normalized spacial score (nSPS) is 16.8. The molecule has 0 amide bonds. The number of imidazole rings is 1. The minimum atomic E-state index is -0.934. The molecular formula is C13H16N4O2. The number of piperazine rings is 1. The lowest BCUT2D eigenvalue weighted by atomic mass is 10.3. The molecule has 0 unspecified atom stereocenters. The van der Waals surface area contributed by atoms with Crippen molar-refractivity contribution >= 4 is 11.6 Å². The van der Waals surface area contributed by atoms with E-state index in [-0.39, 0.29) is 5.69 Å². The summed E-state index contributed by atoms with van der Waals surface area (Å²) >= 11 is 0. The number of fused-ring (bicyclic) bond motifs is 1. The second kappa shape index (κ2) is 4.99. The molecule has 2 N–H and O–H groups in total. The van der Waals surface area contributed by atoms with Crippen LogP contribution in [-0.2, 0) is 6.54 Å². The Morgan fingerprint density at radius 1 is 1.37 bits per heavy atom. The topological polar surface area (TPSA) is 69.9 Å². The Labute approximate surface area is 110 Å². The fourth-order valence-corrected chi connectivity index (χ4v) is 2.41. The molecule has 2 aromatic heterocycles. The average Bonchev–Trinajstić information content (AvgIpc) is 2.81. The molecule has 0 saturated carbocycles. The van der Waals surface area contributed by atoms with Gasteiger partial charge >= 0.3 is 5.97 Å². The van der Waals surface area contributed by atoms with Gasteiger partial charge in [-0.05, 0) is 12.1 Å². The lowest BCUT2D eigenvalue weighted by molar-refractivity contribution is 0.0689. The summed E-state index contributed by atoms with van der Waals surface area (Å²) in [5.74, 6) is -0.934. The van der Waals surface area contributed by atoms with Crippen LogP contribution in [0, 0.1) is 0 Å². The van der Waals surface area contributed by atoms with Gasteiger partial charge in [-0.2, -0.15) is 0 Å². The molecule has 19 heavy (non-hydrogen) atoms. The molecule has 1 fully saturated rings. The van der Waals surface area contributed by atoms with Crippen LogP contribution in [0.5, 0.6) is 0 Å². The number of hydrogen-bond acceptors (Lipinski definition) is 4. The molecule has 3 rings (SSSR count). The van der Waals surface area contributed by atoms with Crippen molar-refractivity contribution in [3.05, 3.63) is 35.8 Å². The number of rotatable bonds is 3. The SMILES string of the molecule is O=C(O)c1cccc2nc(CN3CCNCC3)cn12. The third-order valence-corrected chi connectivity index (χ3v) is 3.36. The lowest BCUT2D eigenvalue weighted by Crippen LogP contribution is -2.42. The summed E-state index contributed by atoms with van der Waals surface area (Å²) in [6.45, 7) is 4.75. The monoisotopic (exact) mass is 260 g/mol. The molecule has 1 saturated heterocycles. The highest BCUT2D eigenvalue weighted by Crippen LogP contribution is 2.11. The number of nitrogens with one attached hydrogen (secondary N) is 1. The van der Waals surface area contributed by atoms with E-state index >= 15 is 0 Å². The first kappa shape index (κ1) is 12.1. The van der Waals surface area contributed by atoms with Gasteiger partial charge in [-0.15, -0.1) is 0 Å². The third kappa shape index (κ3) is 2.45. The van der Waals surface area contributed by atoms with Crippen molar-refractivity contribution in [1.29, 1.82) is 0 Å². The zero-order valence-corrected chi connectivity index (χ0v) is 10.5. The average molecular weight is 260 g/mol. The third-order valence-electron chi connectivity index (χ3n) is 3.36. The summed E-state index contributed by atoms with van der Waals surface area (Å²) in [4.78, 5) is 18.0. The summed E-state index contributed by atoms with van der Waals surface area (Å²) in [7, 11) is 0. The standard InChI is InChI=1S/C13H16N4O2/c18-13(19)11-2-1-3-12-15-10(9-17(11)12)8-16-6-4-14-5-7-16/h1-3,9,14H,4-8H2,(H,18,19). The van der Waals surface area contributed by atoms with Crippen molar-refractivity contribution in [1.82, 2.24) is 19.6 Å². The minimum Gasteiger partial charge on any atom is -0.477 e. The van der Waals surface area contributed by atoms with Gasteiger partial charge in [0.2, 0.25) is 0 Å². The molecule has 1 aliphatic rings. The van der Waals surface area contributed by atoms with Crippen LogP contribution in [0.1, 0.15) is 16.2 Å². The Balaban J connectivity index is 1.88. The number of aromatic carboxylic acids is 1. The number of pyridine rings is 1. The largest absolute Gasteiger partial charge is 0.477 e. The number of carboxylic acid groups (broad SMARTS) is 1. The highest BCUT2D eigenvalue weighted by molar-refractivity contribution is 5.86. The molecule has 0 atom stereocenters. The summed E-state index contributed by atoms with van der Waals surface area (Å²) in [5, 5.41) is 12.5. The molecule has 2 aromatic rings. The number of carboxylic acids is 1. The van der Waals surface area contributed by atoms with Crippen LogP contribution in [0.2, 0.25) is 0 Å². The van der Waals surface area contributed by atoms with Gasteiger partial charge in [-0.25, -0.2) is 9.78 Å². The zero-order chi connectivity index (χ0) is 13.2. The molecule has 0 radical (unpaired) electrons. The van der Waals surface area contributed by atoms with Gasteiger partial charge in [-0.1, -0.05) is 6.07 Å². The molecule has 0 aliphatic carbocycles. The number of nitrogens with zero attached hydrogens (tertiary/aromatic N) is 3. The Hall–Kier alpha value is -1.92. The summed E-state index contributed by atoms with van der Waals surface area (Å²) < 4.78 is 1.64. The van der Waals surface area contributed by atoms with Crippen LogP contribution in [0.3, 0.4) is 0 Å². The number of hydrogen-bond donors (Lipinski definition) is 2. The fourth-order valence-electron chi connectivity index (χ4n) is 2.41. The van der Waals surface area contributed by atoms with Crippen LogP contribution in [-0.4, -0.2) is 51.5 Å². The van der Waals surface area contributed by atoms with Crippen molar-refractivity contribution in [2.75, 3.05) is 26.2 Å². The van der Waals surface area contributed by atoms with Gasteiger partial charge in [0.15, 0.2) is 0 Å². The maximum Gasteiger partial charge on any atom is 0.352 e. The van der Waals surface area contributed by atoms with E-state index in [2.05, 4.69) is 15.2 Å².